The van der Waals surface area contributed by atoms with Crippen LogP contribution in [0.25, 0.3) is 21.1 Å². The van der Waals surface area contributed by atoms with Crippen molar-refractivity contribution in [1.82, 2.24) is 9.97 Å². The Labute approximate surface area is 155 Å². The van der Waals surface area contributed by atoms with Crippen LogP contribution in [-0.4, -0.2) is 9.97 Å². The minimum atomic E-state index is -4.51. The van der Waals surface area contributed by atoms with Crippen molar-refractivity contribution >= 4 is 38.3 Å². The van der Waals surface area contributed by atoms with E-state index in [0.717, 1.165) is 27.6 Å². The predicted molar refractivity (Wildman–Crippen MR) is 96.8 cm³/mol. The zero-order valence-corrected chi connectivity index (χ0v) is 14.9. The number of furan rings is 1. The largest absolute Gasteiger partial charge is 0.486 e. The SMILES string of the molecule is CCc1nc2c(N)nc3cc(OCc4ccc(C(F)(F)F)o4)ccc3c2s1. The van der Waals surface area contributed by atoms with Crippen LogP contribution in [0.1, 0.15) is 23.5 Å². The van der Waals surface area contributed by atoms with Gasteiger partial charge in [-0.1, -0.05) is 6.92 Å². The summed E-state index contributed by atoms with van der Waals surface area (Å²) in [6.45, 7) is 1.90. The Morgan fingerprint density at radius 1 is 1.19 bits per heavy atom. The van der Waals surface area contributed by atoms with E-state index in [1.807, 2.05) is 13.0 Å². The minimum Gasteiger partial charge on any atom is -0.486 e. The van der Waals surface area contributed by atoms with E-state index in [4.69, 9.17) is 14.9 Å². The molecule has 3 aromatic heterocycles. The number of benzene rings is 1. The number of aromatic nitrogens is 2. The quantitative estimate of drug-likeness (QED) is 0.517. The predicted octanol–water partition coefficient (Wildman–Crippen LogP) is 5.18. The highest BCUT2D eigenvalue weighted by Crippen LogP contribution is 2.34. The van der Waals surface area contributed by atoms with Crippen molar-refractivity contribution in [3.63, 3.8) is 0 Å². The molecule has 5 nitrogen and oxygen atoms in total. The van der Waals surface area contributed by atoms with Gasteiger partial charge in [-0.3, -0.25) is 0 Å². The molecule has 0 aliphatic carbocycles. The lowest BCUT2D eigenvalue weighted by Crippen LogP contribution is -2.02. The fourth-order valence-corrected chi connectivity index (χ4v) is 3.75. The van der Waals surface area contributed by atoms with Gasteiger partial charge < -0.3 is 14.9 Å². The van der Waals surface area contributed by atoms with E-state index in [9.17, 15) is 13.2 Å². The monoisotopic (exact) mass is 393 g/mol. The topological polar surface area (TPSA) is 74.2 Å². The average Bonchev–Trinajstić information content (AvgIpc) is 3.27. The van der Waals surface area contributed by atoms with E-state index in [1.54, 1.807) is 23.5 Å². The highest BCUT2D eigenvalue weighted by molar-refractivity contribution is 7.19. The molecule has 0 aliphatic rings. The number of rotatable bonds is 4. The number of fused-ring (bicyclic) bond motifs is 3. The molecular formula is C18H14F3N3O2S. The summed E-state index contributed by atoms with van der Waals surface area (Å²) in [5.74, 6) is -0.167. The molecule has 0 saturated heterocycles. The van der Waals surface area contributed by atoms with Crippen LogP contribution in [-0.2, 0) is 19.2 Å². The van der Waals surface area contributed by atoms with Crippen molar-refractivity contribution in [2.45, 2.75) is 26.1 Å². The molecule has 0 aliphatic heterocycles. The maximum Gasteiger partial charge on any atom is 0.449 e. The summed E-state index contributed by atoms with van der Waals surface area (Å²) in [5.41, 5.74) is 7.35. The van der Waals surface area contributed by atoms with Crippen LogP contribution < -0.4 is 10.5 Å². The fourth-order valence-electron chi connectivity index (χ4n) is 2.70. The maximum atomic E-state index is 12.6. The van der Waals surface area contributed by atoms with Crippen molar-refractivity contribution in [2.24, 2.45) is 0 Å². The van der Waals surface area contributed by atoms with Crippen LogP contribution in [0.5, 0.6) is 5.75 Å². The first kappa shape index (κ1) is 17.6. The number of pyridine rings is 1. The number of nitrogens with two attached hydrogens (primary N) is 1. The molecule has 0 saturated carbocycles. The molecule has 0 spiro atoms. The molecule has 4 aromatic rings. The van der Waals surface area contributed by atoms with Gasteiger partial charge in [-0.05, 0) is 30.7 Å². The smallest absolute Gasteiger partial charge is 0.449 e. The Hall–Kier alpha value is -2.81. The third-order valence-corrected chi connectivity index (χ3v) is 5.23. The average molecular weight is 393 g/mol. The molecule has 3 heterocycles. The molecule has 0 unspecified atom stereocenters. The van der Waals surface area contributed by atoms with E-state index in [0.29, 0.717) is 22.6 Å². The number of ether oxygens (including phenoxy) is 1. The van der Waals surface area contributed by atoms with E-state index in [2.05, 4.69) is 9.97 Å². The van der Waals surface area contributed by atoms with E-state index < -0.39 is 11.9 Å². The number of nitrogens with zero attached hydrogens (tertiary/aromatic N) is 2. The molecule has 0 atom stereocenters. The zero-order valence-electron chi connectivity index (χ0n) is 14.1. The number of aryl methyl sites for hydroxylation is 1. The highest BCUT2D eigenvalue weighted by atomic mass is 32.1. The van der Waals surface area contributed by atoms with Gasteiger partial charge in [0.15, 0.2) is 5.82 Å². The Morgan fingerprint density at radius 2 is 2.00 bits per heavy atom. The summed E-state index contributed by atoms with van der Waals surface area (Å²) in [5, 5.41) is 1.88. The molecule has 4 rings (SSSR count). The van der Waals surface area contributed by atoms with E-state index in [1.165, 1.54) is 6.07 Å². The van der Waals surface area contributed by atoms with Crippen LogP contribution in [0.3, 0.4) is 0 Å². The summed E-state index contributed by atoms with van der Waals surface area (Å²) >= 11 is 1.57. The van der Waals surface area contributed by atoms with Gasteiger partial charge in [0.05, 0.1) is 15.2 Å². The molecule has 0 amide bonds. The highest BCUT2D eigenvalue weighted by Gasteiger charge is 2.34. The number of hydrogen-bond donors (Lipinski definition) is 1. The lowest BCUT2D eigenvalue weighted by atomic mass is 10.2. The third kappa shape index (κ3) is 3.30. The molecule has 2 N–H and O–H groups in total. The first-order valence-corrected chi connectivity index (χ1v) is 8.94. The fraction of sp³-hybridized carbons (Fsp3) is 0.222. The van der Waals surface area contributed by atoms with Crippen molar-refractivity contribution in [3.05, 3.63) is 46.9 Å². The Kier molecular flexibility index (Phi) is 4.18. The molecular weight excluding hydrogens is 379 g/mol. The number of anilines is 1. The van der Waals surface area contributed by atoms with Crippen molar-refractivity contribution in [3.8, 4) is 5.75 Å². The molecule has 140 valence electrons. The standard InChI is InChI=1S/C18H14F3N3O2S/c1-2-14-24-15-16(27-14)11-5-3-9(7-12(11)23-17(15)22)25-8-10-4-6-13(26-10)18(19,20)21/h3-7H,2,8H2,1H3,(H2,22,23). The minimum absolute atomic E-state index is 0.0837. The number of nitrogen functional groups attached to an aromatic ring is 1. The van der Waals surface area contributed by atoms with E-state index >= 15 is 0 Å². The van der Waals surface area contributed by atoms with E-state index in [-0.39, 0.29) is 12.4 Å². The number of hydrogen-bond acceptors (Lipinski definition) is 6. The van der Waals surface area contributed by atoms with Gasteiger partial charge in [0, 0.05) is 11.5 Å². The normalized spacial score (nSPS) is 12.1. The van der Waals surface area contributed by atoms with Gasteiger partial charge >= 0.3 is 6.18 Å². The van der Waals surface area contributed by atoms with Crippen LogP contribution in [0.4, 0.5) is 19.0 Å². The second kappa shape index (κ2) is 6.41. The first-order chi connectivity index (χ1) is 12.8. The second-order valence-corrected chi connectivity index (χ2v) is 6.95. The summed E-state index contributed by atoms with van der Waals surface area (Å²) in [7, 11) is 0. The van der Waals surface area contributed by atoms with Gasteiger partial charge in [-0.2, -0.15) is 13.2 Å². The maximum absolute atomic E-state index is 12.6. The van der Waals surface area contributed by atoms with Gasteiger partial charge in [0.2, 0.25) is 5.76 Å². The second-order valence-electron chi connectivity index (χ2n) is 5.87. The molecule has 1 aromatic carbocycles. The van der Waals surface area contributed by atoms with Crippen molar-refractivity contribution < 1.29 is 22.3 Å². The molecule has 0 radical (unpaired) electrons. The van der Waals surface area contributed by atoms with Gasteiger partial charge in [-0.25, -0.2) is 9.97 Å². The Bertz CT molecular complexity index is 1130. The molecule has 0 fully saturated rings. The lowest BCUT2D eigenvalue weighted by molar-refractivity contribution is -0.153. The van der Waals surface area contributed by atoms with Gasteiger partial charge in [0.25, 0.3) is 0 Å². The Morgan fingerprint density at radius 3 is 2.70 bits per heavy atom. The number of alkyl halides is 3. The lowest BCUT2D eigenvalue weighted by Gasteiger charge is -2.07. The summed E-state index contributed by atoms with van der Waals surface area (Å²) in [6.07, 6.45) is -3.70. The van der Waals surface area contributed by atoms with Gasteiger partial charge in [0.1, 0.15) is 23.6 Å². The molecule has 9 heteroatoms. The summed E-state index contributed by atoms with van der Waals surface area (Å²) in [4.78, 5) is 8.87. The van der Waals surface area contributed by atoms with Crippen LogP contribution in [0.15, 0.2) is 34.7 Å². The van der Waals surface area contributed by atoms with Crippen LogP contribution in [0.2, 0.25) is 0 Å². The van der Waals surface area contributed by atoms with Crippen LogP contribution >= 0.6 is 11.3 Å². The first-order valence-electron chi connectivity index (χ1n) is 8.12. The van der Waals surface area contributed by atoms with Crippen molar-refractivity contribution in [1.29, 1.82) is 0 Å². The van der Waals surface area contributed by atoms with Crippen LogP contribution in [0, 0.1) is 0 Å². The number of thiazole rings is 1. The summed E-state index contributed by atoms with van der Waals surface area (Å²) in [6, 6.07) is 7.41. The summed E-state index contributed by atoms with van der Waals surface area (Å²) < 4.78 is 49.0. The molecule has 0 bridgehead atoms. The van der Waals surface area contributed by atoms with Gasteiger partial charge in [-0.15, -0.1) is 11.3 Å². The molecule has 27 heavy (non-hydrogen) atoms. The number of halogens is 3. The Balaban J connectivity index is 1.61. The zero-order chi connectivity index (χ0) is 19.2. The van der Waals surface area contributed by atoms with Crippen molar-refractivity contribution in [2.75, 3.05) is 5.73 Å². The third-order valence-electron chi connectivity index (χ3n) is 3.99.